The highest BCUT2D eigenvalue weighted by atomic mass is 19.1. The Kier molecular flexibility index (Phi) is 4.96. The lowest BCUT2D eigenvalue weighted by Crippen LogP contribution is -1.87. The molecule has 0 spiro atoms. The van der Waals surface area contributed by atoms with Gasteiger partial charge in [0.15, 0.2) is 11.6 Å². The fourth-order valence-corrected chi connectivity index (χ4v) is 1.28. The first kappa shape index (κ1) is 15.8. The molecule has 108 valence electrons. The summed E-state index contributed by atoms with van der Waals surface area (Å²) in [6.45, 7) is 2.58. The molecular formula is C14H12F4O2. The fourth-order valence-electron chi connectivity index (χ4n) is 1.28. The zero-order valence-corrected chi connectivity index (χ0v) is 10.7. The minimum absolute atomic E-state index is 0.0715. The van der Waals surface area contributed by atoms with Crippen molar-refractivity contribution in [3.05, 3.63) is 58.7 Å². The Morgan fingerprint density at radius 2 is 1.25 bits per heavy atom. The molecule has 2 aromatic carbocycles. The first-order valence-electron chi connectivity index (χ1n) is 5.52. The third-order valence-electron chi connectivity index (χ3n) is 2.57. The zero-order chi connectivity index (χ0) is 15.4. The zero-order valence-electron chi connectivity index (χ0n) is 10.7. The SMILES string of the molecule is Cc1c(F)cc(O)cc1F.Cc1c(F)ccc(O)c1F. The molecule has 0 saturated carbocycles. The average molecular weight is 288 g/mol. The average Bonchev–Trinajstić information content (AvgIpc) is 2.39. The van der Waals surface area contributed by atoms with Crippen LogP contribution in [0.15, 0.2) is 24.3 Å². The maximum absolute atomic E-state index is 12.5. The van der Waals surface area contributed by atoms with Gasteiger partial charge < -0.3 is 10.2 Å². The number of phenolic OH excluding ortho intramolecular Hbond substituents is 2. The molecule has 0 aliphatic heterocycles. The summed E-state index contributed by atoms with van der Waals surface area (Å²) in [5.74, 6) is -3.88. The summed E-state index contributed by atoms with van der Waals surface area (Å²) in [5.41, 5.74) is -0.224. The molecule has 6 heteroatoms. The highest BCUT2D eigenvalue weighted by Crippen LogP contribution is 2.20. The second kappa shape index (κ2) is 6.27. The van der Waals surface area contributed by atoms with Crippen LogP contribution in [0.3, 0.4) is 0 Å². The topological polar surface area (TPSA) is 40.5 Å². The monoisotopic (exact) mass is 288 g/mol. The number of benzene rings is 2. The summed E-state index contributed by atoms with van der Waals surface area (Å²) in [6, 6.07) is 3.75. The van der Waals surface area contributed by atoms with E-state index in [1.807, 2.05) is 0 Å². The standard InChI is InChI=1S/2C7H6F2O/c1-4-6(8)2-5(10)3-7(4)9;1-4-5(8)2-3-6(10)7(4)9/h2*2-3,10H,1H3. The molecule has 0 saturated heterocycles. The molecule has 0 aromatic heterocycles. The van der Waals surface area contributed by atoms with Crippen molar-refractivity contribution in [2.75, 3.05) is 0 Å². The lowest BCUT2D eigenvalue weighted by molar-refractivity contribution is 0.424. The van der Waals surface area contributed by atoms with Gasteiger partial charge in [0, 0.05) is 23.3 Å². The molecule has 2 aromatic rings. The van der Waals surface area contributed by atoms with Gasteiger partial charge in [-0.05, 0) is 26.0 Å². The molecule has 20 heavy (non-hydrogen) atoms. The van der Waals surface area contributed by atoms with Crippen LogP contribution in [0.25, 0.3) is 0 Å². The Hall–Kier alpha value is -2.24. The highest BCUT2D eigenvalue weighted by molar-refractivity contribution is 5.30. The van der Waals surface area contributed by atoms with E-state index < -0.39 is 29.0 Å². The van der Waals surface area contributed by atoms with Gasteiger partial charge in [-0.25, -0.2) is 17.6 Å². The minimum atomic E-state index is -0.889. The number of hydrogen-bond acceptors (Lipinski definition) is 2. The van der Waals surface area contributed by atoms with Crippen LogP contribution in [-0.2, 0) is 0 Å². The molecule has 0 heterocycles. The van der Waals surface area contributed by atoms with E-state index in [1.165, 1.54) is 13.8 Å². The molecule has 2 N–H and O–H groups in total. The lowest BCUT2D eigenvalue weighted by atomic mass is 10.2. The molecule has 2 rings (SSSR count). The molecule has 0 atom stereocenters. The fraction of sp³-hybridized carbons (Fsp3) is 0.143. The van der Waals surface area contributed by atoms with Crippen molar-refractivity contribution in [1.82, 2.24) is 0 Å². The van der Waals surface area contributed by atoms with Gasteiger partial charge in [0.2, 0.25) is 0 Å². The van der Waals surface area contributed by atoms with Crippen LogP contribution in [-0.4, -0.2) is 10.2 Å². The third-order valence-corrected chi connectivity index (χ3v) is 2.57. The largest absolute Gasteiger partial charge is 0.508 e. The molecule has 0 unspecified atom stereocenters. The van der Waals surface area contributed by atoms with Crippen LogP contribution >= 0.6 is 0 Å². The Morgan fingerprint density at radius 3 is 1.70 bits per heavy atom. The van der Waals surface area contributed by atoms with Gasteiger partial charge >= 0.3 is 0 Å². The van der Waals surface area contributed by atoms with Crippen molar-refractivity contribution < 1.29 is 27.8 Å². The van der Waals surface area contributed by atoms with Gasteiger partial charge in [-0.1, -0.05) is 0 Å². The van der Waals surface area contributed by atoms with E-state index in [2.05, 4.69) is 0 Å². The smallest absolute Gasteiger partial charge is 0.170 e. The molecule has 0 amide bonds. The van der Waals surface area contributed by atoms with Crippen LogP contribution in [0.2, 0.25) is 0 Å². The second-order valence-electron chi connectivity index (χ2n) is 4.04. The van der Waals surface area contributed by atoms with E-state index in [0.29, 0.717) is 0 Å². The van der Waals surface area contributed by atoms with Gasteiger partial charge in [-0.3, -0.25) is 0 Å². The highest BCUT2D eigenvalue weighted by Gasteiger charge is 2.07. The van der Waals surface area contributed by atoms with Crippen molar-refractivity contribution in [2.45, 2.75) is 13.8 Å². The van der Waals surface area contributed by atoms with Gasteiger partial charge in [0.05, 0.1) is 0 Å². The summed E-state index contributed by atoms with van der Waals surface area (Å²) in [4.78, 5) is 0. The van der Waals surface area contributed by atoms with Crippen LogP contribution < -0.4 is 0 Å². The molecular weight excluding hydrogens is 276 g/mol. The van der Waals surface area contributed by atoms with Crippen molar-refractivity contribution in [1.29, 1.82) is 0 Å². The van der Waals surface area contributed by atoms with E-state index in [-0.39, 0.29) is 16.9 Å². The Labute approximate surface area is 112 Å². The summed E-state index contributed by atoms with van der Waals surface area (Å²) in [7, 11) is 0. The summed E-state index contributed by atoms with van der Waals surface area (Å²) >= 11 is 0. The van der Waals surface area contributed by atoms with Crippen LogP contribution in [0.4, 0.5) is 17.6 Å². The number of halogens is 4. The van der Waals surface area contributed by atoms with Crippen molar-refractivity contribution in [2.24, 2.45) is 0 Å². The van der Waals surface area contributed by atoms with E-state index in [4.69, 9.17) is 10.2 Å². The minimum Gasteiger partial charge on any atom is -0.508 e. The third kappa shape index (κ3) is 3.63. The van der Waals surface area contributed by atoms with Crippen LogP contribution in [0, 0.1) is 37.1 Å². The van der Waals surface area contributed by atoms with E-state index in [1.54, 1.807) is 0 Å². The van der Waals surface area contributed by atoms with Gasteiger partial charge in [-0.15, -0.1) is 0 Å². The number of aromatic hydroxyl groups is 2. The predicted molar refractivity (Wildman–Crippen MR) is 65.5 cm³/mol. The van der Waals surface area contributed by atoms with E-state index in [9.17, 15) is 17.6 Å². The molecule has 0 fully saturated rings. The molecule has 2 nitrogen and oxygen atoms in total. The number of phenols is 2. The van der Waals surface area contributed by atoms with E-state index in [0.717, 1.165) is 24.3 Å². The van der Waals surface area contributed by atoms with E-state index >= 15 is 0 Å². The summed E-state index contributed by atoms with van der Waals surface area (Å²) < 4.78 is 49.8. The molecule has 0 aliphatic rings. The summed E-state index contributed by atoms with van der Waals surface area (Å²) in [5, 5.41) is 17.3. The van der Waals surface area contributed by atoms with Crippen LogP contribution in [0.5, 0.6) is 11.5 Å². The predicted octanol–water partition coefficient (Wildman–Crippen LogP) is 3.96. The summed E-state index contributed by atoms with van der Waals surface area (Å²) in [6.07, 6.45) is 0. The Balaban J connectivity index is 0.000000200. The molecule has 0 aliphatic carbocycles. The Morgan fingerprint density at radius 1 is 0.750 bits per heavy atom. The maximum Gasteiger partial charge on any atom is 0.170 e. The molecule has 0 bridgehead atoms. The molecule has 0 radical (unpaired) electrons. The quantitative estimate of drug-likeness (QED) is 0.720. The second-order valence-corrected chi connectivity index (χ2v) is 4.04. The first-order valence-corrected chi connectivity index (χ1v) is 5.52. The van der Waals surface area contributed by atoms with Crippen molar-refractivity contribution in [3.8, 4) is 11.5 Å². The van der Waals surface area contributed by atoms with Crippen molar-refractivity contribution in [3.63, 3.8) is 0 Å². The van der Waals surface area contributed by atoms with Crippen molar-refractivity contribution >= 4 is 0 Å². The van der Waals surface area contributed by atoms with Gasteiger partial charge in [0.25, 0.3) is 0 Å². The Bertz CT molecular complexity index is 577. The van der Waals surface area contributed by atoms with Gasteiger partial charge in [0.1, 0.15) is 23.2 Å². The first-order chi connectivity index (χ1) is 9.23. The number of hydrogen-bond donors (Lipinski definition) is 2. The maximum atomic E-state index is 12.5. The van der Waals surface area contributed by atoms with Gasteiger partial charge in [-0.2, -0.15) is 0 Å². The lowest BCUT2D eigenvalue weighted by Gasteiger charge is -1.98. The number of rotatable bonds is 0. The normalized spacial score (nSPS) is 9.90. The van der Waals surface area contributed by atoms with Crippen LogP contribution in [0.1, 0.15) is 11.1 Å².